The fourth-order valence-corrected chi connectivity index (χ4v) is 3.10. The Kier molecular flexibility index (Phi) is 8.49. The Labute approximate surface area is 177 Å². The molecule has 1 unspecified atom stereocenters. The SMILES string of the molecule is CCNC(=NCCc1nc(C)no1)N1CCOC(c2ccccc2C)C1.I. The number of rotatable bonds is 5. The molecule has 27 heavy (non-hydrogen) atoms. The van der Waals surface area contributed by atoms with Crippen molar-refractivity contribution < 1.29 is 9.26 Å². The summed E-state index contributed by atoms with van der Waals surface area (Å²) < 4.78 is 11.2. The molecular formula is C19H28IN5O2. The zero-order valence-corrected chi connectivity index (χ0v) is 18.5. The minimum absolute atomic E-state index is 0. The van der Waals surface area contributed by atoms with Crippen LogP contribution in [0, 0.1) is 13.8 Å². The number of nitrogens with one attached hydrogen (secondary N) is 1. The van der Waals surface area contributed by atoms with E-state index in [0.29, 0.717) is 31.3 Å². The molecule has 1 aliphatic heterocycles. The predicted octanol–water partition coefficient (Wildman–Crippen LogP) is 2.89. The van der Waals surface area contributed by atoms with Gasteiger partial charge in [-0.25, -0.2) is 0 Å². The molecule has 3 rings (SSSR count). The minimum atomic E-state index is 0. The molecule has 0 amide bonds. The summed E-state index contributed by atoms with van der Waals surface area (Å²) in [6, 6.07) is 8.40. The summed E-state index contributed by atoms with van der Waals surface area (Å²) in [6.45, 7) is 9.76. The van der Waals surface area contributed by atoms with Gasteiger partial charge in [0.25, 0.3) is 0 Å². The lowest BCUT2D eigenvalue weighted by Gasteiger charge is -2.35. The molecule has 0 spiro atoms. The molecule has 1 fully saturated rings. The normalized spacial score (nSPS) is 17.5. The maximum Gasteiger partial charge on any atom is 0.228 e. The van der Waals surface area contributed by atoms with Crippen LogP contribution in [0.1, 0.15) is 35.9 Å². The molecule has 7 nitrogen and oxygen atoms in total. The molecule has 1 aromatic carbocycles. The van der Waals surface area contributed by atoms with E-state index in [0.717, 1.165) is 25.6 Å². The predicted molar refractivity (Wildman–Crippen MR) is 116 cm³/mol. The lowest BCUT2D eigenvalue weighted by atomic mass is 10.0. The molecule has 148 valence electrons. The zero-order valence-electron chi connectivity index (χ0n) is 16.1. The summed E-state index contributed by atoms with van der Waals surface area (Å²) in [5.41, 5.74) is 2.50. The van der Waals surface area contributed by atoms with Gasteiger partial charge in [-0.1, -0.05) is 29.4 Å². The van der Waals surface area contributed by atoms with Crippen molar-refractivity contribution >= 4 is 29.9 Å². The highest BCUT2D eigenvalue weighted by atomic mass is 127. The third-order valence-corrected chi connectivity index (χ3v) is 4.39. The van der Waals surface area contributed by atoms with Crippen molar-refractivity contribution in [3.05, 3.63) is 47.1 Å². The van der Waals surface area contributed by atoms with Crippen molar-refractivity contribution in [2.45, 2.75) is 33.3 Å². The quantitative estimate of drug-likeness (QED) is 0.399. The average Bonchev–Trinajstić information content (AvgIpc) is 3.07. The Hall–Kier alpha value is -1.68. The Morgan fingerprint density at radius 3 is 2.85 bits per heavy atom. The molecule has 0 radical (unpaired) electrons. The van der Waals surface area contributed by atoms with Crippen LogP contribution in [0.15, 0.2) is 33.8 Å². The molecule has 0 bridgehead atoms. The molecule has 1 N–H and O–H groups in total. The van der Waals surface area contributed by atoms with Gasteiger partial charge in [-0.2, -0.15) is 4.98 Å². The number of nitrogens with zero attached hydrogens (tertiary/aromatic N) is 4. The first kappa shape index (κ1) is 21.6. The Bertz CT molecular complexity index is 749. The van der Waals surface area contributed by atoms with Crippen molar-refractivity contribution in [1.82, 2.24) is 20.4 Å². The second-order valence-corrected chi connectivity index (χ2v) is 6.38. The van der Waals surface area contributed by atoms with Gasteiger partial charge in [-0.05, 0) is 31.9 Å². The highest BCUT2D eigenvalue weighted by molar-refractivity contribution is 14.0. The van der Waals surface area contributed by atoms with Crippen molar-refractivity contribution in [3.8, 4) is 0 Å². The van der Waals surface area contributed by atoms with Gasteiger partial charge in [0, 0.05) is 19.5 Å². The fourth-order valence-electron chi connectivity index (χ4n) is 3.10. The molecule has 8 heteroatoms. The van der Waals surface area contributed by atoms with Gasteiger partial charge < -0.3 is 19.5 Å². The van der Waals surface area contributed by atoms with Gasteiger partial charge in [0.1, 0.15) is 6.10 Å². The van der Waals surface area contributed by atoms with E-state index in [1.54, 1.807) is 0 Å². The molecule has 1 aromatic heterocycles. The maximum absolute atomic E-state index is 6.02. The summed E-state index contributed by atoms with van der Waals surface area (Å²) in [6.07, 6.45) is 0.703. The number of aliphatic imine (C=N–C) groups is 1. The maximum atomic E-state index is 6.02. The van der Waals surface area contributed by atoms with Crippen molar-refractivity contribution in [2.24, 2.45) is 4.99 Å². The highest BCUT2D eigenvalue weighted by Crippen LogP contribution is 2.24. The number of halogens is 1. The third-order valence-electron chi connectivity index (χ3n) is 4.39. The molecular weight excluding hydrogens is 457 g/mol. The van der Waals surface area contributed by atoms with Crippen molar-refractivity contribution in [1.29, 1.82) is 0 Å². The van der Waals surface area contributed by atoms with E-state index in [1.807, 2.05) is 6.92 Å². The number of hydrogen-bond acceptors (Lipinski definition) is 5. The second kappa shape index (κ2) is 10.6. The Balaban J connectivity index is 0.00000261. The van der Waals surface area contributed by atoms with Gasteiger partial charge in [0.05, 0.1) is 19.7 Å². The van der Waals surface area contributed by atoms with Crippen LogP contribution in [0.3, 0.4) is 0 Å². The zero-order chi connectivity index (χ0) is 18.4. The lowest BCUT2D eigenvalue weighted by molar-refractivity contribution is -0.00832. The lowest BCUT2D eigenvalue weighted by Crippen LogP contribution is -2.48. The van der Waals surface area contributed by atoms with Gasteiger partial charge in [0.15, 0.2) is 11.8 Å². The largest absolute Gasteiger partial charge is 0.370 e. The molecule has 1 saturated heterocycles. The Morgan fingerprint density at radius 2 is 2.15 bits per heavy atom. The van der Waals surface area contributed by atoms with E-state index in [9.17, 15) is 0 Å². The van der Waals surface area contributed by atoms with Gasteiger partial charge >= 0.3 is 0 Å². The number of morpholine rings is 1. The standard InChI is InChI=1S/C19H27N5O2.HI/c1-4-20-19(21-10-9-18-22-15(3)23-26-18)24-11-12-25-17(13-24)16-8-6-5-7-14(16)2;/h5-8,17H,4,9-13H2,1-3H3,(H,20,21);1H. The monoisotopic (exact) mass is 485 g/mol. The smallest absolute Gasteiger partial charge is 0.228 e. The number of ether oxygens (including phenoxy) is 1. The summed E-state index contributed by atoms with van der Waals surface area (Å²) in [5, 5.41) is 7.20. The average molecular weight is 485 g/mol. The van der Waals surface area contributed by atoms with E-state index in [-0.39, 0.29) is 30.1 Å². The van der Waals surface area contributed by atoms with Crippen LogP contribution in [-0.2, 0) is 11.2 Å². The topological polar surface area (TPSA) is 75.8 Å². The molecule has 2 heterocycles. The van der Waals surface area contributed by atoms with Crippen LogP contribution >= 0.6 is 24.0 Å². The summed E-state index contributed by atoms with van der Waals surface area (Å²) >= 11 is 0. The first-order valence-corrected chi connectivity index (χ1v) is 9.17. The van der Waals surface area contributed by atoms with Crippen LogP contribution < -0.4 is 5.32 Å². The first-order chi connectivity index (χ1) is 12.7. The van der Waals surface area contributed by atoms with Crippen LogP contribution in [0.2, 0.25) is 0 Å². The van der Waals surface area contributed by atoms with E-state index < -0.39 is 0 Å². The number of aryl methyl sites for hydroxylation is 2. The number of aromatic nitrogens is 2. The van der Waals surface area contributed by atoms with Crippen LogP contribution in [-0.4, -0.2) is 53.8 Å². The van der Waals surface area contributed by atoms with Crippen LogP contribution in [0.5, 0.6) is 0 Å². The van der Waals surface area contributed by atoms with Crippen LogP contribution in [0.25, 0.3) is 0 Å². The fraction of sp³-hybridized carbons (Fsp3) is 0.526. The highest BCUT2D eigenvalue weighted by Gasteiger charge is 2.25. The molecule has 1 aliphatic rings. The third kappa shape index (κ3) is 5.90. The van der Waals surface area contributed by atoms with E-state index in [2.05, 4.69) is 58.5 Å². The van der Waals surface area contributed by atoms with Crippen LogP contribution in [0.4, 0.5) is 0 Å². The van der Waals surface area contributed by atoms with Crippen molar-refractivity contribution in [2.75, 3.05) is 32.8 Å². The van der Waals surface area contributed by atoms with E-state index >= 15 is 0 Å². The van der Waals surface area contributed by atoms with E-state index in [4.69, 9.17) is 14.3 Å². The summed E-state index contributed by atoms with van der Waals surface area (Å²) in [5.74, 6) is 2.19. The Morgan fingerprint density at radius 1 is 1.33 bits per heavy atom. The van der Waals surface area contributed by atoms with E-state index in [1.165, 1.54) is 11.1 Å². The van der Waals surface area contributed by atoms with Gasteiger partial charge in [0.2, 0.25) is 5.89 Å². The number of hydrogen-bond donors (Lipinski definition) is 1. The molecule has 2 aromatic rings. The summed E-state index contributed by atoms with van der Waals surface area (Å²) in [7, 11) is 0. The first-order valence-electron chi connectivity index (χ1n) is 9.17. The van der Waals surface area contributed by atoms with Gasteiger partial charge in [-0.15, -0.1) is 24.0 Å². The molecule has 0 aliphatic carbocycles. The minimum Gasteiger partial charge on any atom is -0.370 e. The van der Waals surface area contributed by atoms with Crippen molar-refractivity contribution in [3.63, 3.8) is 0 Å². The number of benzene rings is 1. The molecule has 0 saturated carbocycles. The second-order valence-electron chi connectivity index (χ2n) is 6.38. The number of guanidine groups is 1. The molecule has 1 atom stereocenters. The summed E-state index contributed by atoms with van der Waals surface area (Å²) in [4.78, 5) is 11.2. The van der Waals surface area contributed by atoms with Gasteiger partial charge in [-0.3, -0.25) is 4.99 Å².